The van der Waals surface area contributed by atoms with E-state index in [0.717, 1.165) is 26.1 Å². The number of nitrogens with one attached hydrogen (secondary N) is 1. The van der Waals surface area contributed by atoms with Gasteiger partial charge < -0.3 is 14.8 Å². The molecule has 0 aliphatic rings. The Labute approximate surface area is 150 Å². The highest BCUT2D eigenvalue weighted by Crippen LogP contribution is 2.26. The summed E-state index contributed by atoms with van der Waals surface area (Å²) in [5, 5.41) is 3.43. The van der Waals surface area contributed by atoms with Crippen LogP contribution in [0.5, 0.6) is 5.75 Å². The number of hydrogen-bond acceptors (Lipinski definition) is 3. The topological polar surface area (TPSA) is 30.5 Å². The largest absolute Gasteiger partial charge is 0.489 e. The predicted octanol–water partition coefficient (Wildman–Crippen LogP) is 4.83. The monoisotopic (exact) mass is 427 g/mol. The fraction of sp³-hybridized carbons (Fsp3) is 0.235. The zero-order chi connectivity index (χ0) is 16.1. The highest BCUT2D eigenvalue weighted by molar-refractivity contribution is 14.1. The van der Waals surface area contributed by atoms with Crippen LogP contribution in [-0.4, -0.2) is 12.3 Å². The van der Waals surface area contributed by atoms with Gasteiger partial charge in [0.25, 0.3) is 5.17 Å². The molecule has 0 saturated carbocycles. The molecule has 0 bridgehead atoms. The Kier molecular flexibility index (Phi) is 6.02. The quantitative estimate of drug-likeness (QED) is 0.560. The van der Waals surface area contributed by atoms with Crippen molar-refractivity contribution in [3.05, 3.63) is 56.7 Å². The van der Waals surface area contributed by atoms with Crippen LogP contribution in [0.15, 0.2) is 36.4 Å². The number of hydrogen-bond donors (Lipinski definition) is 1. The van der Waals surface area contributed by atoms with Crippen molar-refractivity contribution in [3.63, 3.8) is 0 Å². The average Bonchev–Trinajstić information content (AvgIpc) is 2.48. The molecule has 22 heavy (non-hydrogen) atoms. The molecule has 2 aromatic carbocycles. The second-order valence-electron chi connectivity index (χ2n) is 4.94. The lowest BCUT2D eigenvalue weighted by atomic mass is 10.1. The molecule has 0 spiro atoms. The number of aryl methyl sites for hydroxylation is 2. The summed E-state index contributed by atoms with van der Waals surface area (Å²) in [6, 6.07) is 12.2. The van der Waals surface area contributed by atoms with Crippen LogP contribution in [0, 0.1) is 17.4 Å². The molecule has 0 aliphatic carbocycles. The van der Waals surface area contributed by atoms with E-state index in [2.05, 4.69) is 53.9 Å². The van der Waals surface area contributed by atoms with Crippen LogP contribution in [-0.2, 0) is 11.3 Å². The van der Waals surface area contributed by atoms with E-state index in [1.54, 1.807) is 7.11 Å². The van der Waals surface area contributed by atoms with Gasteiger partial charge in [-0.3, -0.25) is 0 Å². The Morgan fingerprint density at radius 3 is 2.68 bits per heavy atom. The van der Waals surface area contributed by atoms with Crippen LogP contribution in [0.2, 0.25) is 0 Å². The van der Waals surface area contributed by atoms with Gasteiger partial charge in [0.05, 0.1) is 7.11 Å². The standard InChI is InChI=1S/C17H18INO2S/c1-11-7-8-16(12(2)9-11)21-10-13-14(18)5-4-6-15(13)19-17(22)20-3/h4-9H,10H2,1-3H3,(H,19,22). The fourth-order valence-corrected chi connectivity index (χ4v) is 2.86. The van der Waals surface area contributed by atoms with E-state index in [9.17, 15) is 0 Å². The molecule has 0 fully saturated rings. The van der Waals surface area contributed by atoms with Crippen molar-refractivity contribution in [2.24, 2.45) is 0 Å². The maximum absolute atomic E-state index is 5.99. The van der Waals surface area contributed by atoms with Crippen molar-refractivity contribution in [2.45, 2.75) is 20.5 Å². The maximum atomic E-state index is 5.99. The first-order valence-corrected chi connectivity index (χ1v) is 8.32. The van der Waals surface area contributed by atoms with Crippen LogP contribution in [0.3, 0.4) is 0 Å². The van der Waals surface area contributed by atoms with Crippen molar-refractivity contribution >= 4 is 45.7 Å². The molecule has 2 rings (SSSR count). The van der Waals surface area contributed by atoms with Crippen molar-refractivity contribution in [2.75, 3.05) is 12.4 Å². The molecule has 0 radical (unpaired) electrons. The number of benzene rings is 2. The number of rotatable bonds is 4. The first-order valence-electron chi connectivity index (χ1n) is 6.83. The zero-order valence-electron chi connectivity index (χ0n) is 12.8. The second-order valence-corrected chi connectivity index (χ2v) is 6.47. The lowest BCUT2D eigenvalue weighted by Crippen LogP contribution is -2.13. The van der Waals surface area contributed by atoms with Gasteiger partial charge in [0.2, 0.25) is 0 Å². The molecule has 0 saturated heterocycles. The minimum atomic E-state index is 0.342. The van der Waals surface area contributed by atoms with Gasteiger partial charge in [0, 0.05) is 14.8 Å². The highest BCUT2D eigenvalue weighted by Gasteiger charge is 2.10. The summed E-state index contributed by atoms with van der Waals surface area (Å²) in [7, 11) is 1.55. The van der Waals surface area contributed by atoms with Gasteiger partial charge in [-0.2, -0.15) is 0 Å². The van der Waals surface area contributed by atoms with Crippen molar-refractivity contribution < 1.29 is 9.47 Å². The van der Waals surface area contributed by atoms with Gasteiger partial charge in [-0.05, 0) is 72.4 Å². The van der Waals surface area contributed by atoms with E-state index in [-0.39, 0.29) is 0 Å². The molecule has 1 N–H and O–H groups in total. The Balaban J connectivity index is 2.19. The third-order valence-electron chi connectivity index (χ3n) is 3.24. The highest BCUT2D eigenvalue weighted by atomic mass is 127. The summed E-state index contributed by atoms with van der Waals surface area (Å²) >= 11 is 7.37. The van der Waals surface area contributed by atoms with Gasteiger partial charge in [-0.25, -0.2) is 0 Å². The van der Waals surface area contributed by atoms with Gasteiger partial charge in [0.1, 0.15) is 12.4 Å². The van der Waals surface area contributed by atoms with Crippen LogP contribution >= 0.6 is 34.8 Å². The molecule has 116 valence electrons. The summed E-state index contributed by atoms with van der Waals surface area (Å²) in [5.74, 6) is 0.894. The van der Waals surface area contributed by atoms with E-state index in [0.29, 0.717) is 11.8 Å². The first kappa shape index (κ1) is 17.0. The normalized spacial score (nSPS) is 10.2. The summed E-state index contributed by atoms with van der Waals surface area (Å²) in [5.41, 5.74) is 4.32. The molecule has 3 nitrogen and oxygen atoms in total. The van der Waals surface area contributed by atoms with Crippen LogP contribution < -0.4 is 10.1 Å². The van der Waals surface area contributed by atoms with E-state index in [4.69, 9.17) is 21.7 Å². The predicted molar refractivity (Wildman–Crippen MR) is 103 cm³/mol. The maximum Gasteiger partial charge on any atom is 0.260 e. The third kappa shape index (κ3) is 4.33. The minimum Gasteiger partial charge on any atom is -0.489 e. The first-order chi connectivity index (χ1) is 10.5. The average molecular weight is 427 g/mol. The molecule has 0 amide bonds. The SMILES string of the molecule is COC(=S)Nc1cccc(I)c1COc1ccc(C)cc1C. The second kappa shape index (κ2) is 7.78. The van der Waals surface area contributed by atoms with E-state index < -0.39 is 0 Å². The number of methoxy groups -OCH3 is 1. The smallest absolute Gasteiger partial charge is 0.260 e. The zero-order valence-corrected chi connectivity index (χ0v) is 15.7. The lowest BCUT2D eigenvalue weighted by molar-refractivity contribution is 0.304. The van der Waals surface area contributed by atoms with Crippen molar-refractivity contribution in [1.82, 2.24) is 0 Å². The number of halogens is 1. The third-order valence-corrected chi connectivity index (χ3v) is 4.52. The fourth-order valence-electron chi connectivity index (χ4n) is 2.09. The van der Waals surface area contributed by atoms with Crippen LogP contribution in [0.25, 0.3) is 0 Å². The van der Waals surface area contributed by atoms with Gasteiger partial charge >= 0.3 is 0 Å². The molecule has 0 heterocycles. The molecular weight excluding hydrogens is 409 g/mol. The Bertz CT molecular complexity index is 688. The van der Waals surface area contributed by atoms with Crippen molar-refractivity contribution in [3.8, 4) is 5.75 Å². The molecule has 0 unspecified atom stereocenters. The lowest BCUT2D eigenvalue weighted by Gasteiger charge is -2.15. The summed E-state index contributed by atoms with van der Waals surface area (Å²) in [6.45, 7) is 4.60. The molecule has 2 aromatic rings. The minimum absolute atomic E-state index is 0.342. The Morgan fingerprint density at radius 2 is 2.00 bits per heavy atom. The molecule has 0 aliphatic heterocycles. The summed E-state index contributed by atoms with van der Waals surface area (Å²) in [4.78, 5) is 0. The Hall–Kier alpha value is -1.34. The molecule has 5 heteroatoms. The number of thiocarbonyl (C=S) groups is 1. The molecule has 0 atom stereocenters. The van der Waals surface area contributed by atoms with Gasteiger partial charge in [-0.1, -0.05) is 23.8 Å². The summed E-state index contributed by atoms with van der Waals surface area (Å²) < 4.78 is 12.1. The van der Waals surface area contributed by atoms with Gasteiger partial charge in [0.15, 0.2) is 0 Å². The molecule has 0 aromatic heterocycles. The van der Waals surface area contributed by atoms with Crippen molar-refractivity contribution in [1.29, 1.82) is 0 Å². The number of ether oxygens (including phenoxy) is 2. The van der Waals surface area contributed by atoms with Crippen LogP contribution in [0.1, 0.15) is 16.7 Å². The Morgan fingerprint density at radius 1 is 1.23 bits per heavy atom. The van der Waals surface area contributed by atoms with Crippen LogP contribution in [0.4, 0.5) is 5.69 Å². The molecular formula is C17H18INO2S. The van der Waals surface area contributed by atoms with E-state index in [1.165, 1.54) is 5.56 Å². The number of anilines is 1. The van der Waals surface area contributed by atoms with E-state index >= 15 is 0 Å². The summed E-state index contributed by atoms with van der Waals surface area (Å²) in [6.07, 6.45) is 0. The van der Waals surface area contributed by atoms with E-state index in [1.807, 2.05) is 24.3 Å². The van der Waals surface area contributed by atoms with Gasteiger partial charge in [-0.15, -0.1) is 0 Å².